The molecular weight excluding hydrogens is 280 g/mol. The molecule has 5 nitrogen and oxygen atoms in total. The van der Waals surface area contributed by atoms with E-state index in [-0.39, 0.29) is 0 Å². The predicted octanol–water partition coefficient (Wildman–Crippen LogP) is 1.69. The van der Waals surface area contributed by atoms with Gasteiger partial charge in [0.15, 0.2) is 0 Å². The monoisotopic (exact) mass is 306 g/mol. The lowest BCUT2D eigenvalue weighted by atomic mass is 9.95. The van der Waals surface area contributed by atoms with Gasteiger partial charge in [-0.1, -0.05) is 18.2 Å². The maximum absolute atomic E-state index is 11.8. The number of carboxylic acid groups (broad SMARTS) is 1. The Balaban J connectivity index is 2.08. The van der Waals surface area contributed by atoms with E-state index in [0.717, 1.165) is 56.1 Å². The molecular formula is C17H26N2O3. The van der Waals surface area contributed by atoms with E-state index in [1.54, 1.807) is 0 Å². The Labute approximate surface area is 132 Å². The van der Waals surface area contributed by atoms with Gasteiger partial charge in [0.05, 0.1) is 13.2 Å². The maximum atomic E-state index is 11.8. The van der Waals surface area contributed by atoms with Crippen molar-refractivity contribution in [1.82, 2.24) is 9.80 Å². The molecule has 0 amide bonds. The fourth-order valence-corrected chi connectivity index (χ4v) is 3.04. The number of benzene rings is 1. The average molecular weight is 306 g/mol. The van der Waals surface area contributed by atoms with Crippen molar-refractivity contribution in [3.05, 3.63) is 34.9 Å². The van der Waals surface area contributed by atoms with Gasteiger partial charge in [-0.2, -0.15) is 0 Å². The number of carbonyl (C=O) groups is 1. The topological polar surface area (TPSA) is 53.0 Å². The molecule has 0 aliphatic carbocycles. The standard InChI is InChI=1S/C17H26N2O3/c1-13-5-4-6-14(2)15(13)16(17(20)21)18(3)7-8-19-9-11-22-12-10-19/h4-6,16H,7-12H2,1-3H3,(H,20,21)/t16-/m1/s1. The highest BCUT2D eigenvalue weighted by Crippen LogP contribution is 2.26. The molecule has 1 heterocycles. The number of carboxylic acids is 1. The molecule has 1 saturated heterocycles. The van der Waals surface area contributed by atoms with Crippen molar-refractivity contribution >= 4 is 5.97 Å². The lowest BCUT2D eigenvalue weighted by Gasteiger charge is -2.31. The number of hydrogen-bond donors (Lipinski definition) is 1. The van der Waals surface area contributed by atoms with Crippen LogP contribution in [0.2, 0.25) is 0 Å². The van der Waals surface area contributed by atoms with E-state index >= 15 is 0 Å². The first-order valence-corrected chi connectivity index (χ1v) is 7.80. The summed E-state index contributed by atoms with van der Waals surface area (Å²) in [5.41, 5.74) is 2.98. The van der Waals surface area contributed by atoms with Crippen molar-refractivity contribution in [2.75, 3.05) is 46.4 Å². The molecule has 122 valence electrons. The second kappa shape index (κ2) is 7.72. The average Bonchev–Trinajstić information content (AvgIpc) is 2.49. The first kappa shape index (κ1) is 16.9. The molecule has 0 spiro atoms. The molecule has 0 radical (unpaired) electrons. The molecule has 0 saturated carbocycles. The molecule has 1 N–H and O–H groups in total. The number of likely N-dealkylation sites (N-methyl/N-ethyl adjacent to an activating group) is 1. The van der Waals surface area contributed by atoms with Gasteiger partial charge in [-0.05, 0) is 37.6 Å². The molecule has 1 aliphatic rings. The molecule has 0 aromatic heterocycles. The quantitative estimate of drug-likeness (QED) is 0.867. The van der Waals surface area contributed by atoms with Crippen LogP contribution in [-0.4, -0.2) is 67.3 Å². The van der Waals surface area contributed by atoms with Crippen molar-refractivity contribution < 1.29 is 14.6 Å². The lowest BCUT2D eigenvalue weighted by Crippen LogP contribution is -2.42. The van der Waals surface area contributed by atoms with Crippen LogP contribution < -0.4 is 0 Å². The number of aryl methyl sites for hydroxylation is 2. The minimum Gasteiger partial charge on any atom is -0.480 e. The van der Waals surface area contributed by atoms with Crippen molar-refractivity contribution in [3.8, 4) is 0 Å². The van der Waals surface area contributed by atoms with Crippen LogP contribution in [0.5, 0.6) is 0 Å². The lowest BCUT2D eigenvalue weighted by molar-refractivity contribution is -0.143. The van der Waals surface area contributed by atoms with Crippen LogP contribution in [0, 0.1) is 13.8 Å². The van der Waals surface area contributed by atoms with Gasteiger partial charge in [0.25, 0.3) is 0 Å². The first-order chi connectivity index (χ1) is 10.5. The molecule has 2 rings (SSSR count). The van der Waals surface area contributed by atoms with Crippen molar-refractivity contribution in [2.24, 2.45) is 0 Å². The van der Waals surface area contributed by atoms with Crippen molar-refractivity contribution in [2.45, 2.75) is 19.9 Å². The summed E-state index contributed by atoms with van der Waals surface area (Å²) in [7, 11) is 1.89. The van der Waals surface area contributed by atoms with E-state index in [4.69, 9.17) is 4.74 Å². The molecule has 1 aromatic carbocycles. The number of morpholine rings is 1. The van der Waals surface area contributed by atoms with E-state index < -0.39 is 12.0 Å². The Bertz CT molecular complexity index is 492. The summed E-state index contributed by atoms with van der Waals surface area (Å²) in [5, 5.41) is 9.71. The van der Waals surface area contributed by atoms with Gasteiger partial charge < -0.3 is 9.84 Å². The van der Waals surface area contributed by atoms with E-state index in [1.165, 1.54) is 0 Å². The predicted molar refractivity (Wildman–Crippen MR) is 86.2 cm³/mol. The minimum atomic E-state index is -0.790. The number of rotatable bonds is 6. The third-order valence-corrected chi connectivity index (χ3v) is 4.36. The van der Waals surface area contributed by atoms with Gasteiger partial charge in [-0.25, -0.2) is 0 Å². The van der Waals surface area contributed by atoms with E-state index in [9.17, 15) is 9.90 Å². The van der Waals surface area contributed by atoms with Gasteiger partial charge in [-0.15, -0.1) is 0 Å². The highest BCUT2D eigenvalue weighted by atomic mass is 16.5. The van der Waals surface area contributed by atoms with Gasteiger partial charge in [-0.3, -0.25) is 14.6 Å². The summed E-state index contributed by atoms with van der Waals surface area (Å²) in [4.78, 5) is 16.1. The third-order valence-electron chi connectivity index (χ3n) is 4.36. The fourth-order valence-electron chi connectivity index (χ4n) is 3.04. The molecule has 0 unspecified atom stereocenters. The van der Waals surface area contributed by atoms with Crippen LogP contribution in [0.4, 0.5) is 0 Å². The largest absolute Gasteiger partial charge is 0.480 e. The van der Waals surface area contributed by atoms with Crippen molar-refractivity contribution in [1.29, 1.82) is 0 Å². The molecule has 1 aliphatic heterocycles. The van der Waals surface area contributed by atoms with E-state index in [0.29, 0.717) is 0 Å². The summed E-state index contributed by atoms with van der Waals surface area (Å²) >= 11 is 0. The zero-order valence-electron chi connectivity index (χ0n) is 13.7. The van der Waals surface area contributed by atoms with Gasteiger partial charge in [0.1, 0.15) is 6.04 Å². The summed E-state index contributed by atoms with van der Waals surface area (Å²) < 4.78 is 5.34. The van der Waals surface area contributed by atoms with Crippen LogP contribution in [0.1, 0.15) is 22.7 Å². The van der Waals surface area contributed by atoms with Gasteiger partial charge >= 0.3 is 5.97 Å². The summed E-state index contributed by atoms with van der Waals surface area (Å²) in [6, 6.07) is 5.34. The van der Waals surface area contributed by atoms with Crippen LogP contribution in [0.3, 0.4) is 0 Å². The van der Waals surface area contributed by atoms with Crippen LogP contribution >= 0.6 is 0 Å². The van der Waals surface area contributed by atoms with Crippen molar-refractivity contribution in [3.63, 3.8) is 0 Å². The summed E-state index contributed by atoms with van der Waals surface area (Å²) in [6.07, 6.45) is 0. The van der Waals surface area contributed by atoms with Crippen LogP contribution in [0.15, 0.2) is 18.2 Å². The Hall–Kier alpha value is -1.43. The van der Waals surface area contributed by atoms with E-state index in [1.807, 2.05) is 44.0 Å². The van der Waals surface area contributed by atoms with E-state index in [2.05, 4.69) is 4.90 Å². The Kier molecular flexibility index (Phi) is 5.94. The first-order valence-electron chi connectivity index (χ1n) is 7.80. The zero-order chi connectivity index (χ0) is 16.1. The summed E-state index contributed by atoms with van der Waals surface area (Å²) in [6.45, 7) is 8.94. The number of aliphatic carboxylic acids is 1. The SMILES string of the molecule is Cc1cccc(C)c1[C@H](C(=O)O)N(C)CCN1CCOCC1. The second-order valence-corrected chi connectivity index (χ2v) is 5.98. The Morgan fingerprint density at radius 3 is 2.45 bits per heavy atom. The minimum absolute atomic E-state index is 0.595. The second-order valence-electron chi connectivity index (χ2n) is 5.98. The molecule has 1 aromatic rings. The zero-order valence-corrected chi connectivity index (χ0v) is 13.7. The summed E-state index contributed by atoms with van der Waals surface area (Å²) in [5.74, 6) is -0.790. The van der Waals surface area contributed by atoms with Crippen LogP contribution in [-0.2, 0) is 9.53 Å². The highest BCUT2D eigenvalue weighted by Gasteiger charge is 2.27. The highest BCUT2D eigenvalue weighted by molar-refractivity contribution is 5.76. The number of hydrogen-bond acceptors (Lipinski definition) is 4. The molecule has 22 heavy (non-hydrogen) atoms. The number of ether oxygens (including phenoxy) is 1. The fraction of sp³-hybridized carbons (Fsp3) is 0.588. The van der Waals surface area contributed by atoms with Gasteiger partial charge in [0, 0.05) is 26.2 Å². The normalized spacial score (nSPS) is 17.6. The van der Waals surface area contributed by atoms with Crippen LogP contribution in [0.25, 0.3) is 0 Å². The Morgan fingerprint density at radius 2 is 1.91 bits per heavy atom. The molecule has 0 bridgehead atoms. The molecule has 5 heteroatoms. The molecule has 1 atom stereocenters. The Morgan fingerprint density at radius 1 is 1.32 bits per heavy atom. The molecule has 1 fully saturated rings. The third kappa shape index (κ3) is 4.06. The number of nitrogens with zero attached hydrogens (tertiary/aromatic N) is 2. The smallest absolute Gasteiger partial charge is 0.325 e. The van der Waals surface area contributed by atoms with Gasteiger partial charge in [0.2, 0.25) is 0 Å². The maximum Gasteiger partial charge on any atom is 0.325 e.